The maximum absolute atomic E-state index is 13.2. The monoisotopic (exact) mass is 412 g/mol. The highest BCUT2D eigenvalue weighted by molar-refractivity contribution is 5.96. The van der Waals surface area contributed by atoms with E-state index in [2.05, 4.69) is 0 Å². The van der Waals surface area contributed by atoms with Crippen LogP contribution < -0.4 is 0 Å². The zero-order chi connectivity index (χ0) is 22.0. The van der Waals surface area contributed by atoms with Gasteiger partial charge in [-0.05, 0) is 75.5 Å². The first-order valence-corrected chi connectivity index (χ1v) is 9.49. The molecule has 31 heavy (non-hydrogen) atoms. The van der Waals surface area contributed by atoms with Crippen molar-refractivity contribution in [3.63, 3.8) is 0 Å². The summed E-state index contributed by atoms with van der Waals surface area (Å²) in [5.41, 5.74) is 3.32. The Morgan fingerprint density at radius 3 is 2.06 bits per heavy atom. The molecule has 0 aromatic heterocycles. The Hall–Kier alpha value is -4.25. The Labute approximate surface area is 177 Å². The zero-order valence-electron chi connectivity index (χ0n) is 16.2. The Balaban J connectivity index is 1.70. The van der Waals surface area contributed by atoms with Crippen LogP contribution >= 0.6 is 0 Å². The molecule has 0 fully saturated rings. The Bertz CT molecular complexity index is 1340. The average molecular weight is 412 g/mol. The second-order valence-corrected chi connectivity index (χ2v) is 7.07. The number of carbonyl (C=O) groups is 2. The van der Waals surface area contributed by atoms with Gasteiger partial charge in [0, 0.05) is 0 Å². The highest BCUT2D eigenvalue weighted by atomic mass is 19.1. The first-order chi connectivity index (χ1) is 14.9. The van der Waals surface area contributed by atoms with Crippen molar-refractivity contribution >= 4 is 34.9 Å². The first kappa shape index (κ1) is 20.0. The smallest absolute Gasteiger partial charge is 0.336 e. The number of hydrogen-bond acceptors (Lipinski definition) is 2. The molecule has 0 unspecified atom stereocenters. The minimum Gasteiger partial charge on any atom is -0.478 e. The van der Waals surface area contributed by atoms with Crippen molar-refractivity contribution in [1.82, 2.24) is 0 Å². The van der Waals surface area contributed by atoms with Gasteiger partial charge in [-0.25, -0.2) is 14.0 Å². The van der Waals surface area contributed by atoms with E-state index < -0.39 is 11.9 Å². The molecule has 4 nitrogen and oxygen atoms in total. The summed E-state index contributed by atoms with van der Waals surface area (Å²) in [7, 11) is 0. The lowest BCUT2D eigenvalue weighted by Crippen LogP contribution is -1.99. The van der Waals surface area contributed by atoms with Crippen LogP contribution in [0.2, 0.25) is 0 Å². The molecule has 4 aromatic rings. The van der Waals surface area contributed by atoms with Gasteiger partial charge in [-0.15, -0.1) is 0 Å². The Kier molecular flexibility index (Phi) is 5.33. The molecule has 4 aromatic carbocycles. The number of benzene rings is 4. The van der Waals surface area contributed by atoms with Crippen LogP contribution in [-0.2, 0) is 0 Å². The highest BCUT2D eigenvalue weighted by Gasteiger charge is 2.10. The molecule has 0 bridgehead atoms. The van der Waals surface area contributed by atoms with Gasteiger partial charge in [-0.3, -0.25) is 0 Å². The van der Waals surface area contributed by atoms with Gasteiger partial charge in [-0.2, -0.15) is 0 Å². The molecule has 0 radical (unpaired) electrons. The molecule has 5 heteroatoms. The van der Waals surface area contributed by atoms with Gasteiger partial charge in [0.2, 0.25) is 0 Å². The number of carboxylic acid groups (broad SMARTS) is 2. The van der Waals surface area contributed by atoms with E-state index in [0.29, 0.717) is 5.56 Å². The van der Waals surface area contributed by atoms with Gasteiger partial charge in [0.1, 0.15) is 5.82 Å². The highest BCUT2D eigenvalue weighted by Crippen LogP contribution is 2.25. The molecule has 0 aliphatic carbocycles. The van der Waals surface area contributed by atoms with Crippen LogP contribution in [0.25, 0.3) is 34.1 Å². The number of aromatic carboxylic acids is 2. The standard InChI is InChI=1S/C26H17FO4/c27-23-10-7-17(8-11-23)19-9-12-24(26(30)31)21(14-19)4-2-16-1-3-20-15-22(25(28)29)6-5-18(20)13-16/h1-15H,(H,28,29)(H,30,31)/b4-2+. The quantitative estimate of drug-likeness (QED) is 0.382. The third-order valence-electron chi connectivity index (χ3n) is 5.03. The van der Waals surface area contributed by atoms with Crippen LogP contribution in [-0.4, -0.2) is 22.2 Å². The molecular formula is C26H17FO4. The van der Waals surface area contributed by atoms with Crippen LogP contribution in [0.15, 0.2) is 78.9 Å². The third kappa shape index (κ3) is 4.36. The second-order valence-electron chi connectivity index (χ2n) is 7.07. The van der Waals surface area contributed by atoms with E-state index in [1.54, 1.807) is 54.6 Å². The summed E-state index contributed by atoms with van der Waals surface area (Å²) in [6.07, 6.45) is 3.53. The van der Waals surface area contributed by atoms with Crippen molar-refractivity contribution in [1.29, 1.82) is 0 Å². The predicted molar refractivity (Wildman–Crippen MR) is 119 cm³/mol. The largest absolute Gasteiger partial charge is 0.478 e. The van der Waals surface area contributed by atoms with Gasteiger partial charge >= 0.3 is 11.9 Å². The van der Waals surface area contributed by atoms with Crippen LogP contribution in [0, 0.1) is 5.82 Å². The van der Waals surface area contributed by atoms with Gasteiger partial charge in [0.25, 0.3) is 0 Å². The maximum atomic E-state index is 13.2. The van der Waals surface area contributed by atoms with E-state index in [9.17, 15) is 19.1 Å². The topological polar surface area (TPSA) is 74.6 Å². The van der Waals surface area contributed by atoms with E-state index >= 15 is 0 Å². The summed E-state index contributed by atoms with van der Waals surface area (Å²) >= 11 is 0. The first-order valence-electron chi connectivity index (χ1n) is 9.49. The van der Waals surface area contributed by atoms with E-state index in [1.165, 1.54) is 18.2 Å². The molecule has 152 valence electrons. The predicted octanol–water partition coefficient (Wildman–Crippen LogP) is 6.21. The Morgan fingerprint density at radius 2 is 1.35 bits per heavy atom. The second kappa shape index (κ2) is 8.24. The SMILES string of the molecule is O=C(O)c1ccc2cc(/C=C/c3cc(-c4ccc(F)cc4)ccc3C(=O)O)ccc2c1. The van der Waals surface area contributed by atoms with E-state index in [1.807, 2.05) is 18.2 Å². The van der Waals surface area contributed by atoms with Gasteiger partial charge in [0.05, 0.1) is 11.1 Å². The molecule has 4 rings (SSSR count). The number of carboxylic acids is 2. The molecule has 0 saturated carbocycles. The van der Waals surface area contributed by atoms with E-state index in [0.717, 1.165) is 27.5 Å². The lowest BCUT2D eigenvalue weighted by Gasteiger charge is -2.07. The maximum Gasteiger partial charge on any atom is 0.336 e. The number of rotatable bonds is 5. The fraction of sp³-hybridized carbons (Fsp3) is 0. The lowest BCUT2D eigenvalue weighted by molar-refractivity contribution is 0.0686. The van der Waals surface area contributed by atoms with Crippen molar-refractivity contribution in [2.24, 2.45) is 0 Å². The summed E-state index contributed by atoms with van der Waals surface area (Å²) in [4.78, 5) is 22.8. The average Bonchev–Trinajstić information content (AvgIpc) is 2.77. The molecule has 0 heterocycles. The van der Waals surface area contributed by atoms with Crippen molar-refractivity contribution in [2.75, 3.05) is 0 Å². The molecule has 0 spiro atoms. The number of fused-ring (bicyclic) bond motifs is 1. The van der Waals surface area contributed by atoms with Crippen molar-refractivity contribution in [3.8, 4) is 11.1 Å². The molecule has 0 aliphatic heterocycles. The molecular weight excluding hydrogens is 395 g/mol. The normalized spacial score (nSPS) is 11.1. The van der Waals surface area contributed by atoms with Crippen LogP contribution in [0.4, 0.5) is 4.39 Å². The summed E-state index contributed by atoms with van der Waals surface area (Å²) < 4.78 is 13.2. The number of halogens is 1. The molecule has 0 saturated heterocycles. The van der Waals surface area contributed by atoms with Crippen molar-refractivity contribution < 1.29 is 24.2 Å². The van der Waals surface area contributed by atoms with E-state index in [-0.39, 0.29) is 16.9 Å². The molecule has 2 N–H and O–H groups in total. The fourth-order valence-electron chi connectivity index (χ4n) is 3.40. The van der Waals surface area contributed by atoms with Gasteiger partial charge in [-0.1, -0.05) is 48.6 Å². The van der Waals surface area contributed by atoms with Crippen LogP contribution in [0.1, 0.15) is 31.8 Å². The lowest BCUT2D eigenvalue weighted by atomic mass is 9.98. The fourth-order valence-corrected chi connectivity index (χ4v) is 3.40. The minimum absolute atomic E-state index is 0.161. The van der Waals surface area contributed by atoms with Crippen molar-refractivity contribution in [3.05, 3.63) is 107 Å². The summed E-state index contributed by atoms with van der Waals surface area (Å²) in [5, 5.41) is 20.3. The summed E-state index contributed by atoms with van der Waals surface area (Å²) in [5.74, 6) is -2.35. The summed E-state index contributed by atoms with van der Waals surface area (Å²) in [6, 6.07) is 21.5. The minimum atomic E-state index is -1.04. The molecule has 0 atom stereocenters. The molecule has 0 amide bonds. The van der Waals surface area contributed by atoms with Gasteiger partial charge < -0.3 is 10.2 Å². The molecule has 0 aliphatic rings. The van der Waals surface area contributed by atoms with Crippen LogP contribution in [0.3, 0.4) is 0 Å². The third-order valence-corrected chi connectivity index (χ3v) is 5.03. The van der Waals surface area contributed by atoms with Gasteiger partial charge in [0.15, 0.2) is 0 Å². The Morgan fingerprint density at radius 1 is 0.677 bits per heavy atom. The van der Waals surface area contributed by atoms with Crippen LogP contribution in [0.5, 0.6) is 0 Å². The zero-order valence-corrected chi connectivity index (χ0v) is 16.2. The van der Waals surface area contributed by atoms with E-state index in [4.69, 9.17) is 5.11 Å². The number of hydrogen-bond donors (Lipinski definition) is 2. The summed E-state index contributed by atoms with van der Waals surface area (Å²) in [6.45, 7) is 0. The van der Waals surface area contributed by atoms with Crippen molar-refractivity contribution in [2.45, 2.75) is 0 Å².